The van der Waals surface area contributed by atoms with Crippen LogP contribution in [-0.2, 0) is 19.1 Å². The number of fused-ring (bicyclic) bond motifs is 5. The summed E-state index contributed by atoms with van der Waals surface area (Å²) in [5.74, 6) is 2.12. The second-order valence-electron chi connectivity index (χ2n) is 13.3. The summed E-state index contributed by atoms with van der Waals surface area (Å²) in [5.41, 5.74) is 1.78. The van der Waals surface area contributed by atoms with Crippen LogP contribution in [0.3, 0.4) is 0 Å². The average molecular weight is 532 g/mol. The van der Waals surface area contributed by atoms with Gasteiger partial charge in [-0.3, -0.25) is 4.79 Å². The molecule has 1 unspecified atom stereocenters. The quantitative estimate of drug-likeness (QED) is 0.383. The van der Waals surface area contributed by atoms with Gasteiger partial charge in [0.1, 0.15) is 12.7 Å². The van der Waals surface area contributed by atoms with Crippen LogP contribution < -0.4 is 5.32 Å². The highest BCUT2D eigenvalue weighted by molar-refractivity contribution is 5.85. The van der Waals surface area contributed by atoms with Gasteiger partial charge in [0.25, 0.3) is 0 Å². The molecule has 5 aliphatic rings. The Bertz CT molecular complexity index is 964. The van der Waals surface area contributed by atoms with Crippen LogP contribution in [0.1, 0.15) is 90.9 Å². The predicted molar refractivity (Wildman–Crippen MR) is 140 cm³/mol. The van der Waals surface area contributed by atoms with Crippen LogP contribution >= 0.6 is 0 Å². The minimum Gasteiger partial charge on any atom is -0.481 e. The van der Waals surface area contributed by atoms with E-state index in [1.165, 1.54) is 44.1 Å². The molecule has 0 aromatic carbocycles. The Morgan fingerprint density at radius 2 is 1.84 bits per heavy atom. The summed E-state index contributed by atoms with van der Waals surface area (Å²) < 4.78 is 11.1. The standard InChI is InChI=1S/C30H45NO7/c1-29-12-9-21(38-28(36)31-14-11-20(32)4-8-26(33)34)16-19(29)3-5-22-24-7-6-23(18-15-27(35)37-17-18)30(24,2)13-10-25(22)29/h15,19-25,32H,3-14,16-17H2,1-2H3,(H,31,36)(H,33,34)/t19-,20?,21+,22+,23-,24+,25+,29+,30-/m1/s1. The Kier molecular flexibility index (Phi) is 7.82. The molecule has 4 saturated carbocycles. The normalized spacial score (nSPS) is 40.7. The topological polar surface area (TPSA) is 122 Å². The second-order valence-corrected chi connectivity index (χ2v) is 13.3. The second kappa shape index (κ2) is 10.8. The number of amides is 1. The van der Waals surface area contributed by atoms with E-state index in [2.05, 4.69) is 19.2 Å². The largest absolute Gasteiger partial charge is 0.481 e. The molecule has 8 heteroatoms. The minimum atomic E-state index is -0.932. The Morgan fingerprint density at radius 3 is 2.58 bits per heavy atom. The lowest BCUT2D eigenvalue weighted by Gasteiger charge is -2.61. The number of hydrogen-bond donors (Lipinski definition) is 3. The van der Waals surface area contributed by atoms with Gasteiger partial charge in [-0.25, -0.2) is 9.59 Å². The molecule has 9 atom stereocenters. The predicted octanol–water partition coefficient (Wildman–Crippen LogP) is 4.84. The first-order valence-electron chi connectivity index (χ1n) is 14.8. The van der Waals surface area contributed by atoms with Crippen molar-refractivity contribution in [2.45, 2.75) is 103 Å². The number of nitrogens with one attached hydrogen (secondary N) is 1. The number of carbonyl (C=O) groups excluding carboxylic acids is 2. The van der Waals surface area contributed by atoms with Crippen molar-refractivity contribution in [2.75, 3.05) is 13.2 Å². The molecule has 1 heterocycles. The Labute approximate surface area is 225 Å². The van der Waals surface area contributed by atoms with E-state index in [0.717, 1.165) is 31.1 Å². The van der Waals surface area contributed by atoms with Crippen LogP contribution in [0.5, 0.6) is 0 Å². The van der Waals surface area contributed by atoms with Gasteiger partial charge in [0.2, 0.25) is 0 Å². The van der Waals surface area contributed by atoms with Crippen LogP contribution in [0.15, 0.2) is 11.6 Å². The molecule has 8 nitrogen and oxygen atoms in total. The van der Waals surface area contributed by atoms with Gasteiger partial charge in [-0.2, -0.15) is 0 Å². The monoisotopic (exact) mass is 531 g/mol. The first-order chi connectivity index (χ1) is 18.1. The van der Waals surface area contributed by atoms with Crippen LogP contribution in [0.25, 0.3) is 0 Å². The number of rotatable bonds is 8. The van der Waals surface area contributed by atoms with Gasteiger partial charge >= 0.3 is 18.0 Å². The fourth-order valence-corrected chi connectivity index (χ4v) is 9.49. The third-order valence-electron chi connectivity index (χ3n) is 11.5. The Hall–Kier alpha value is -2.09. The highest BCUT2D eigenvalue weighted by Crippen LogP contribution is 2.68. The van der Waals surface area contributed by atoms with E-state index < -0.39 is 18.2 Å². The molecule has 4 fully saturated rings. The lowest BCUT2D eigenvalue weighted by Crippen LogP contribution is -2.54. The zero-order valence-corrected chi connectivity index (χ0v) is 23.0. The van der Waals surface area contributed by atoms with Gasteiger partial charge in [0.05, 0.1) is 6.10 Å². The number of carboxylic acids is 1. The molecule has 3 N–H and O–H groups in total. The number of aliphatic hydroxyl groups excluding tert-OH is 1. The minimum absolute atomic E-state index is 0.0712. The summed E-state index contributed by atoms with van der Waals surface area (Å²) in [5, 5.41) is 21.3. The van der Waals surface area contributed by atoms with E-state index in [0.29, 0.717) is 36.2 Å². The van der Waals surface area contributed by atoms with E-state index in [4.69, 9.17) is 14.6 Å². The third kappa shape index (κ3) is 5.22. The molecule has 0 bridgehead atoms. The van der Waals surface area contributed by atoms with Gasteiger partial charge in [-0.1, -0.05) is 13.8 Å². The molecule has 0 aromatic heterocycles. The molecule has 0 radical (unpaired) electrons. The van der Waals surface area contributed by atoms with E-state index in [9.17, 15) is 19.5 Å². The van der Waals surface area contributed by atoms with E-state index in [1.54, 1.807) is 6.08 Å². The van der Waals surface area contributed by atoms with Gasteiger partial charge in [0.15, 0.2) is 0 Å². The van der Waals surface area contributed by atoms with E-state index in [1.807, 2.05) is 0 Å². The molecule has 1 amide bonds. The molecule has 5 rings (SSSR count). The number of hydrogen-bond acceptors (Lipinski definition) is 6. The average Bonchev–Trinajstić information content (AvgIpc) is 3.45. The summed E-state index contributed by atoms with van der Waals surface area (Å²) in [6, 6.07) is 0. The molecule has 1 aliphatic heterocycles. The van der Waals surface area contributed by atoms with Crippen LogP contribution in [0.2, 0.25) is 0 Å². The zero-order chi connectivity index (χ0) is 27.1. The Morgan fingerprint density at radius 1 is 1.08 bits per heavy atom. The van der Waals surface area contributed by atoms with Crippen LogP contribution in [-0.4, -0.2) is 53.6 Å². The Balaban J connectivity index is 1.13. The number of cyclic esters (lactones) is 1. The van der Waals surface area contributed by atoms with E-state index in [-0.39, 0.29) is 36.9 Å². The molecule has 4 aliphatic carbocycles. The lowest BCUT2D eigenvalue weighted by atomic mass is 9.44. The maximum atomic E-state index is 12.4. The van der Waals surface area contributed by atoms with Crippen molar-refractivity contribution in [1.29, 1.82) is 0 Å². The number of alkyl carbamates (subject to hydrolysis) is 1. The van der Waals surface area contributed by atoms with Crippen molar-refractivity contribution in [3.05, 3.63) is 11.6 Å². The van der Waals surface area contributed by atoms with Gasteiger partial charge in [0, 0.05) is 19.0 Å². The molecule has 38 heavy (non-hydrogen) atoms. The maximum Gasteiger partial charge on any atom is 0.407 e. The summed E-state index contributed by atoms with van der Waals surface area (Å²) in [6.45, 7) is 5.75. The fraction of sp³-hybridized carbons (Fsp3) is 0.833. The third-order valence-corrected chi connectivity index (χ3v) is 11.5. The fourth-order valence-electron chi connectivity index (χ4n) is 9.49. The van der Waals surface area contributed by atoms with Gasteiger partial charge in [-0.15, -0.1) is 0 Å². The maximum absolute atomic E-state index is 12.4. The molecule has 0 aromatic rings. The van der Waals surface area contributed by atoms with Gasteiger partial charge in [-0.05, 0) is 117 Å². The summed E-state index contributed by atoms with van der Waals surface area (Å²) >= 11 is 0. The number of aliphatic carboxylic acids is 1. The smallest absolute Gasteiger partial charge is 0.407 e. The first kappa shape index (κ1) is 27.5. The number of carbonyl (C=O) groups is 3. The summed E-state index contributed by atoms with van der Waals surface area (Å²) in [4.78, 5) is 34.8. The summed E-state index contributed by atoms with van der Waals surface area (Å²) in [6.07, 6.45) is 11.2. The van der Waals surface area contributed by atoms with Crippen LogP contribution in [0.4, 0.5) is 4.79 Å². The van der Waals surface area contributed by atoms with Gasteiger partial charge < -0.3 is 25.0 Å². The van der Waals surface area contributed by atoms with Crippen molar-refractivity contribution in [2.24, 2.45) is 40.4 Å². The molecule has 212 valence electrons. The van der Waals surface area contributed by atoms with Crippen molar-refractivity contribution < 1.29 is 34.1 Å². The zero-order valence-electron chi connectivity index (χ0n) is 23.0. The summed E-state index contributed by atoms with van der Waals surface area (Å²) in [7, 11) is 0. The number of aliphatic hydroxyl groups is 1. The lowest BCUT2D eigenvalue weighted by molar-refractivity contribution is -0.138. The SMILES string of the molecule is C[C@]12CC[C@H](OC(=O)NCCC(O)CCC(=O)O)C[C@H]1CC[C@@H]1[C@@H]2CC[C@]2(C)[C@@H](C3=CC(=O)OC3)CC[C@@H]12. The number of esters is 1. The highest BCUT2D eigenvalue weighted by Gasteiger charge is 2.60. The highest BCUT2D eigenvalue weighted by atomic mass is 16.6. The molecule has 0 saturated heterocycles. The number of carboxylic acid groups (broad SMARTS) is 1. The van der Waals surface area contributed by atoms with Crippen LogP contribution in [0, 0.1) is 40.4 Å². The van der Waals surface area contributed by atoms with E-state index >= 15 is 0 Å². The number of ether oxygens (including phenoxy) is 2. The van der Waals surface area contributed by atoms with Crippen molar-refractivity contribution >= 4 is 18.0 Å². The van der Waals surface area contributed by atoms with Crippen molar-refractivity contribution in [1.82, 2.24) is 5.32 Å². The molecular weight excluding hydrogens is 486 g/mol. The van der Waals surface area contributed by atoms with Crippen molar-refractivity contribution in [3.8, 4) is 0 Å². The first-order valence-corrected chi connectivity index (χ1v) is 14.8. The van der Waals surface area contributed by atoms with Crippen molar-refractivity contribution in [3.63, 3.8) is 0 Å². The molecular formula is C30H45NO7. The molecule has 0 spiro atoms.